The molecule has 1 fully saturated rings. The van der Waals surface area contributed by atoms with Gasteiger partial charge in [-0.3, -0.25) is 0 Å². The van der Waals surface area contributed by atoms with Gasteiger partial charge in [0.25, 0.3) is 0 Å². The monoisotopic (exact) mass is 316 g/mol. The first kappa shape index (κ1) is 15.9. The van der Waals surface area contributed by atoms with E-state index < -0.39 is 0 Å². The fraction of sp³-hybridized carbons (Fsp3) is 0.562. The van der Waals surface area contributed by atoms with Crippen LogP contribution in [0.15, 0.2) is 30.3 Å². The van der Waals surface area contributed by atoms with Gasteiger partial charge in [0.15, 0.2) is 0 Å². The zero-order valence-electron chi connectivity index (χ0n) is 13.5. The number of aliphatic hydroxyl groups is 1. The lowest BCUT2D eigenvalue weighted by Crippen LogP contribution is -2.44. The van der Waals surface area contributed by atoms with Crippen LogP contribution in [0.4, 0.5) is 5.95 Å². The lowest BCUT2D eigenvalue weighted by molar-refractivity contribution is 0.184. The summed E-state index contributed by atoms with van der Waals surface area (Å²) in [4.78, 5) is 4.61. The maximum atomic E-state index is 8.96. The van der Waals surface area contributed by atoms with Gasteiger partial charge in [-0.1, -0.05) is 23.3 Å². The fourth-order valence-corrected chi connectivity index (χ4v) is 3.13. The Morgan fingerprint density at radius 2 is 1.96 bits per heavy atom. The van der Waals surface area contributed by atoms with Crippen molar-refractivity contribution in [3.05, 3.63) is 30.3 Å². The lowest BCUT2D eigenvalue weighted by atomic mass is 10.0. The molecule has 0 saturated carbocycles. The highest BCUT2D eigenvalue weighted by atomic mass is 16.3. The first-order chi connectivity index (χ1) is 11.3. The molecule has 2 aromatic rings. The minimum atomic E-state index is 0.259. The number of nitrogens with zero attached hydrogens (tertiary/aromatic N) is 6. The third-order valence-corrected chi connectivity index (χ3v) is 4.49. The van der Waals surface area contributed by atoms with Gasteiger partial charge >= 0.3 is 0 Å². The molecular weight excluding hydrogens is 292 g/mol. The topological polar surface area (TPSA) is 70.3 Å². The van der Waals surface area contributed by atoms with Gasteiger partial charge in [-0.25, -0.2) is 0 Å². The summed E-state index contributed by atoms with van der Waals surface area (Å²) in [7, 11) is 2.14. The molecule has 0 radical (unpaired) electrons. The molecule has 124 valence electrons. The second-order valence-corrected chi connectivity index (χ2v) is 6.00. The fourth-order valence-electron chi connectivity index (χ4n) is 3.13. The van der Waals surface area contributed by atoms with Gasteiger partial charge in [0.05, 0.1) is 5.69 Å². The molecule has 2 heterocycles. The zero-order valence-corrected chi connectivity index (χ0v) is 13.5. The Hall–Kier alpha value is -1.99. The number of anilines is 1. The Labute approximate surface area is 136 Å². The summed E-state index contributed by atoms with van der Waals surface area (Å²) >= 11 is 0. The predicted molar refractivity (Wildman–Crippen MR) is 88.7 cm³/mol. The largest absolute Gasteiger partial charge is 0.396 e. The van der Waals surface area contributed by atoms with Crippen molar-refractivity contribution in [3.8, 4) is 5.69 Å². The van der Waals surface area contributed by atoms with Crippen molar-refractivity contribution in [2.75, 3.05) is 38.2 Å². The second-order valence-electron chi connectivity index (χ2n) is 6.00. The highest BCUT2D eigenvalue weighted by molar-refractivity contribution is 5.40. The Bertz CT molecular complexity index is 594. The molecular formula is C16H24N6O. The van der Waals surface area contributed by atoms with Crippen molar-refractivity contribution >= 4 is 5.95 Å². The van der Waals surface area contributed by atoms with Gasteiger partial charge in [0.1, 0.15) is 0 Å². The quantitative estimate of drug-likeness (QED) is 0.855. The zero-order chi connectivity index (χ0) is 16.1. The predicted octanol–water partition coefficient (Wildman–Crippen LogP) is 0.945. The van der Waals surface area contributed by atoms with E-state index in [2.05, 4.69) is 32.4 Å². The molecule has 23 heavy (non-hydrogen) atoms. The van der Waals surface area contributed by atoms with Gasteiger partial charge in [-0.2, -0.15) is 4.68 Å². The molecule has 0 amide bonds. The van der Waals surface area contributed by atoms with E-state index in [0.717, 1.165) is 50.5 Å². The summed E-state index contributed by atoms with van der Waals surface area (Å²) in [6, 6.07) is 10.6. The van der Waals surface area contributed by atoms with Crippen LogP contribution in [-0.2, 0) is 0 Å². The average Bonchev–Trinajstić information content (AvgIpc) is 3.10. The van der Waals surface area contributed by atoms with E-state index in [1.54, 1.807) is 4.68 Å². The molecule has 1 aromatic heterocycles. The van der Waals surface area contributed by atoms with E-state index in [1.807, 2.05) is 30.3 Å². The average molecular weight is 316 g/mol. The smallest absolute Gasteiger partial charge is 0.250 e. The maximum absolute atomic E-state index is 8.96. The van der Waals surface area contributed by atoms with Gasteiger partial charge in [0, 0.05) is 32.3 Å². The van der Waals surface area contributed by atoms with Gasteiger partial charge in [-0.15, -0.1) is 0 Å². The van der Waals surface area contributed by atoms with E-state index in [4.69, 9.17) is 5.11 Å². The Kier molecular flexibility index (Phi) is 5.19. The number of aliphatic hydroxyl groups excluding tert-OH is 1. The molecule has 0 bridgehead atoms. The summed E-state index contributed by atoms with van der Waals surface area (Å²) < 4.78 is 1.80. The number of hydrogen-bond donors (Lipinski definition) is 1. The van der Waals surface area contributed by atoms with Gasteiger partial charge in [0.2, 0.25) is 5.95 Å². The highest BCUT2D eigenvalue weighted by Crippen LogP contribution is 2.22. The minimum Gasteiger partial charge on any atom is -0.396 e. The Morgan fingerprint density at radius 1 is 1.22 bits per heavy atom. The maximum Gasteiger partial charge on any atom is 0.250 e. The molecule has 1 saturated heterocycles. The van der Waals surface area contributed by atoms with Crippen molar-refractivity contribution in [3.63, 3.8) is 0 Å². The molecule has 1 N–H and O–H groups in total. The molecule has 1 aliphatic rings. The van der Waals surface area contributed by atoms with Gasteiger partial charge in [-0.05, 0) is 48.9 Å². The normalized spacial score (nSPS) is 16.2. The van der Waals surface area contributed by atoms with Crippen molar-refractivity contribution in [1.29, 1.82) is 0 Å². The standard InChI is InChI=1S/C16H24N6O/c1-20(10-5-13-23)14-8-11-21(12-9-14)16-17-18-19-22(16)15-6-3-2-4-7-15/h2-4,6-7,14,23H,5,8-13H2,1H3. The van der Waals surface area contributed by atoms with E-state index in [-0.39, 0.29) is 6.61 Å². The van der Waals surface area contributed by atoms with Crippen LogP contribution in [0.2, 0.25) is 0 Å². The number of aromatic nitrogens is 4. The van der Waals surface area contributed by atoms with Crippen LogP contribution >= 0.6 is 0 Å². The van der Waals surface area contributed by atoms with Crippen molar-refractivity contribution < 1.29 is 5.11 Å². The highest BCUT2D eigenvalue weighted by Gasteiger charge is 2.25. The van der Waals surface area contributed by atoms with Crippen LogP contribution in [0.1, 0.15) is 19.3 Å². The first-order valence-electron chi connectivity index (χ1n) is 8.19. The van der Waals surface area contributed by atoms with Crippen LogP contribution in [0.25, 0.3) is 5.69 Å². The van der Waals surface area contributed by atoms with Gasteiger partial charge < -0.3 is 14.9 Å². The van der Waals surface area contributed by atoms with E-state index in [1.165, 1.54) is 0 Å². The van der Waals surface area contributed by atoms with Crippen molar-refractivity contribution in [2.24, 2.45) is 0 Å². The lowest BCUT2D eigenvalue weighted by Gasteiger charge is -2.36. The Morgan fingerprint density at radius 3 is 2.65 bits per heavy atom. The molecule has 7 nitrogen and oxygen atoms in total. The molecule has 0 aliphatic carbocycles. The first-order valence-corrected chi connectivity index (χ1v) is 8.19. The molecule has 1 aromatic carbocycles. The number of piperidine rings is 1. The summed E-state index contributed by atoms with van der Waals surface area (Å²) in [6.45, 7) is 3.10. The van der Waals surface area contributed by atoms with Crippen molar-refractivity contribution in [1.82, 2.24) is 25.1 Å². The van der Waals surface area contributed by atoms with Crippen molar-refractivity contribution in [2.45, 2.75) is 25.3 Å². The summed E-state index contributed by atoms with van der Waals surface area (Å²) in [5.74, 6) is 0.813. The number of benzene rings is 1. The summed E-state index contributed by atoms with van der Waals surface area (Å²) in [5.41, 5.74) is 0.981. The van der Waals surface area contributed by atoms with Crippen LogP contribution in [0.5, 0.6) is 0 Å². The van der Waals surface area contributed by atoms with Crippen LogP contribution in [0, 0.1) is 0 Å². The van der Waals surface area contributed by atoms with E-state index in [9.17, 15) is 0 Å². The molecule has 3 rings (SSSR count). The van der Waals surface area contributed by atoms with E-state index >= 15 is 0 Å². The number of para-hydroxylation sites is 1. The molecule has 0 unspecified atom stereocenters. The minimum absolute atomic E-state index is 0.259. The summed E-state index contributed by atoms with van der Waals surface area (Å²) in [5, 5.41) is 21.2. The number of tetrazole rings is 1. The molecule has 0 spiro atoms. The van der Waals surface area contributed by atoms with Crippen LogP contribution < -0.4 is 4.90 Å². The Balaban J connectivity index is 1.64. The number of hydrogen-bond acceptors (Lipinski definition) is 6. The molecule has 7 heteroatoms. The van der Waals surface area contributed by atoms with Crippen LogP contribution in [-0.4, -0.2) is 69.5 Å². The number of rotatable bonds is 6. The summed E-state index contributed by atoms with van der Waals surface area (Å²) in [6.07, 6.45) is 3.01. The van der Waals surface area contributed by atoms with Crippen LogP contribution in [0.3, 0.4) is 0 Å². The second kappa shape index (κ2) is 7.52. The molecule has 1 aliphatic heterocycles. The van der Waals surface area contributed by atoms with E-state index in [0.29, 0.717) is 6.04 Å². The molecule has 0 atom stereocenters. The third-order valence-electron chi connectivity index (χ3n) is 4.49. The third kappa shape index (κ3) is 3.68. The SMILES string of the molecule is CN(CCCO)C1CCN(c2nnnn2-c2ccccc2)CC1.